The molecule has 0 aromatic heterocycles. The van der Waals surface area contributed by atoms with E-state index in [4.69, 9.17) is 14.2 Å². The number of benzene rings is 1. The molecule has 0 amide bonds. The van der Waals surface area contributed by atoms with Crippen LogP contribution >= 0.6 is 0 Å². The fourth-order valence-electron chi connectivity index (χ4n) is 1.93. The summed E-state index contributed by atoms with van der Waals surface area (Å²) in [7, 11) is 3.17. The highest BCUT2D eigenvalue weighted by Gasteiger charge is 2.15. The molecule has 108 valence electrons. The Morgan fingerprint density at radius 1 is 1.21 bits per heavy atom. The highest BCUT2D eigenvalue weighted by Crippen LogP contribution is 2.29. The van der Waals surface area contributed by atoms with Gasteiger partial charge in [0.25, 0.3) is 0 Å². The zero-order chi connectivity index (χ0) is 14.3. The Labute approximate surface area is 115 Å². The summed E-state index contributed by atoms with van der Waals surface area (Å²) in [5, 5.41) is 10.2. The van der Waals surface area contributed by atoms with Crippen LogP contribution in [-0.2, 0) is 4.74 Å². The molecule has 1 rings (SSSR count). The Balaban J connectivity index is 2.68. The predicted molar refractivity (Wildman–Crippen MR) is 74.8 cm³/mol. The Morgan fingerprint density at radius 2 is 1.95 bits per heavy atom. The summed E-state index contributed by atoms with van der Waals surface area (Å²) in [5.41, 5.74) is 0.715. The van der Waals surface area contributed by atoms with Crippen LogP contribution in [0.15, 0.2) is 18.2 Å². The summed E-state index contributed by atoms with van der Waals surface area (Å²) >= 11 is 0. The van der Waals surface area contributed by atoms with Crippen molar-refractivity contribution in [1.29, 1.82) is 0 Å². The molecule has 0 aliphatic rings. The molecule has 0 bridgehead atoms. The van der Waals surface area contributed by atoms with E-state index in [-0.39, 0.29) is 12.7 Å². The third kappa shape index (κ3) is 4.73. The van der Waals surface area contributed by atoms with E-state index in [9.17, 15) is 5.11 Å². The monoisotopic (exact) mass is 268 g/mol. The molecular formula is C15H24O4. The van der Waals surface area contributed by atoms with Crippen LogP contribution < -0.4 is 9.47 Å². The first-order valence-corrected chi connectivity index (χ1v) is 6.63. The van der Waals surface area contributed by atoms with E-state index < -0.39 is 6.10 Å². The van der Waals surface area contributed by atoms with E-state index in [0.717, 1.165) is 12.8 Å². The van der Waals surface area contributed by atoms with Crippen LogP contribution in [0.3, 0.4) is 0 Å². The van der Waals surface area contributed by atoms with Gasteiger partial charge < -0.3 is 19.3 Å². The van der Waals surface area contributed by atoms with Crippen LogP contribution in [0.2, 0.25) is 0 Å². The molecule has 1 aromatic rings. The number of methoxy groups -OCH3 is 2. The molecule has 0 aliphatic heterocycles. The molecule has 2 unspecified atom stereocenters. The minimum absolute atomic E-state index is 0.156. The topological polar surface area (TPSA) is 47.9 Å². The third-order valence-corrected chi connectivity index (χ3v) is 3.03. The van der Waals surface area contributed by atoms with Gasteiger partial charge in [0, 0.05) is 11.6 Å². The molecule has 1 aromatic carbocycles. The quantitative estimate of drug-likeness (QED) is 0.787. The Kier molecular flexibility index (Phi) is 6.67. The first-order chi connectivity index (χ1) is 9.12. The minimum Gasteiger partial charge on any atom is -0.497 e. The van der Waals surface area contributed by atoms with Gasteiger partial charge in [-0.1, -0.05) is 13.3 Å². The lowest BCUT2D eigenvalue weighted by atomic mass is 10.1. The Bertz CT molecular complexity index is 378. The Morgan fingerprint density at radius 3 is 2.53 bits per heavy atom. The summed E-state index contributed by atoms with van der Waals surface area (Å²) in [6, 6.07) is 5.36. The van der Waals surface area contributed by atoms with E-state index in [0.29, 0.717) is 17.1 Å². The second kappa shape index (κ2) is 8.02. The van der Waals surface area contributed by atoms with E-state index in [1.165, 1.54) is 0 Å². The molecule has 0 saturated heterocycles. The number of aliphatic hydroxyl groups excluding tert-OH is 1. The van der Waals surface area contributed by atoms with Crippen molar-refractivity contribution < 1.29 is 19.3 Å². The fraction of sp³-hybridized carbons (Fsp3) is 0.600. The van der Waals surface area contributed by atoms with Gasteiger partial charge >= 0.3 is 0 Å². The lowest BCUT2D eigenvalue weighted by Crippen LogP contribution is -2.15. The number of hydrogen-bond donors (Lipinski definition) is 1. The SMILES string of the molecule is CCCC(C)OCC(O)c1ccc(OC)cc1OC. The van der Waals surface area contributed by atoms with Gasteiger partial charge in [-0.05, 0) is 25.5 Å². The van der Waals surface area contributed by atoms with E-state index in [1.807, 2.05) is 6.92 Å². The average Bonchev–Trinajstić information content (AvgIpc) is 2.44. The number of aliphatic hydroxyl groups is 1. The predicted octanol–water partition coefficient (Wildman–Crippen LogP) is 2.94. The van der Waals surface area contributed by atoms with Gasteiger partial charge in [0.15, 0.2) is 0 Å². The summed E-state index contributed by atoms with van der Waals surface area (Å²) < 4.78 is 16.0. The van der Waals surface area contributed by atoms with E-state index in [2.05, 4.69) is 6.92 Å². The van der Waals surface area contributed by atoms with E-state index >= 15 is 0 Å². The Hall–Kier alpha value is -1.26. The largest absolute Gasteiger partial charge is 0.497 e. The molecule has 1 N–H and O–H groups in total. The van der Waals surface area contributed by atoms with Crippen LogP contribution in [0.5, 0.6) is 11.5 Å². The molecule has 0 fully saturated rings. The average molecular weight is 268 g/mol. The van der Waals surface area contributed by atoms with Gasteiger partial charge in [0.2, 0.25) is 0 Å². The molecule has 0 saturated carbocycles. The van der Waals surface area contributed by atoms with Crippen molar-refractivity contribution in [3.05, 3.63) is 23.8 Å². The van der Waals surface area contributed by atoms with Crippen LogP contribution in [0.1, 0.15) is 38.4 Å². The van der Waals surface area contributed by atoms with Gasteiger partial charge in [-0.15, -0.1) is 0 Å². The van der Waals surface area contributed by atoms with Crippen molar-refractivity contribution in [2.75, 3.05) is 20.8 Å². The van der Waals surface area contributed by atoms with Crippen molar-refractivity contribution >= 4 is 0 Å². The highest BCUT2D eigenvalue weighted by atomic mass is 16.5. The summed E-state index contributed by atoms with van der Waals surface area (Å²) in [5.74, 6) is 1.31. The molecule has 4 nitrogen and oxygen atoms in total. The number of hydrogen-bond acceptors (Lipinski definition) is 4. The number of rotatable bonds is 8. The smallest absolute Gasteiger partial charge is 0.128 e. The fourth-order valence-corrected chi connectivity index (χ4v) is 1.93. The maximum atomic E-state index is 10.2. The summed E-state index contributed by atoms with van der Waals surface area (Å²) in [6.45, 7) is 4.40. The zero-order valence-corrected chi connectivity index (χ0v) is 12.2. The van der Waals surface area contributed by atoms with Crippen LogP contribution in [-0.4, -0.2) is 32.0 Å². The standard InChI is InChI=1S/C15H24O4/c1-5-6-11(2)19-10-14(16)13-8-7-12(17-3)9-15(13)18-4/h7-9,11,14,16H,5-6,10H2,1-4H3. The molecule has 0 aliphatic carbocycles. The molecule has 19 heavy (non-hydrogen) atoms. The van der Waals surface area contributed by atoms with Gasteiger partial charge in [-0.3, -0.25) is 0 Å². The normalized spacial score (nSPS) is 13.9. The van der Waals surface area contributed by atoms with Crippen molar-refractivity contribution in [3.63, 3.8) is 0 Å². The lowest BCUT2D eigenvalue weighted by Gasteiger charge is -2.18. The van der Waals surface area contributed by atoms with Crippen molar-refractivity contribution in [2.45, 2.75) is 38.9 Å². The molecule has 2 atom stereocenters. The van der Waals surface area contributed by atoms with Crippen molar-refractivity contribution in [1.82, 2.24) is 0 Å². The van der Waals surface area contributed by atoms with Gasteiger partial charge in [-0.2, -0.15) is 0 Å². The molecule has 4 heteroatoms. The van der Waals surface area contributed by atoms with Gasteiger partial charge in [0.1, 0.15) is 17.6 Å². The minimum atomic E-state index is -0.694. The zero-order valence-electron chi connectivity index (χ0n) is 12.2. The first-order valence-electron chi connectivity index (χ1n) is 6.63. The highest BCUT2D eigenvalue weighted by molar-refractivity contribution is 5.41. The second-order valence-corrected chi connectivity index (χ2v) is 4.56. The second-order valence-electron chi connectivity index (χ2n) is 4.56. The van der Waals surface area contributed by atoms with E-state index in [1.54, 1.807) is 32.4 Å². The third-order valence-electron chi connectivity index (χ3n) is 3.03. The lowest BCUT2D eigenvalue weighted by molar-refractivity contribution is -0.00659. The summed E-state index contributed by atoms with van der Waals surface area (Å²) in [4.78, 5) is 0. The summed E-state index contributed by atoms with van der Waals surface area (Å²) in [6.07, 6.45) is 1.53. The van der Waals surface area contributed by atoms with Crippen LogP contribution in [0.25, 0.3) is 0 Å². The van der Waals surface area contributed by atoms with Crippen molar-refractivity contribution in [2.24, 2.45) is 0 Å². The van der Waals surface area contributed by atoms with Crippen molar-refractivity contribution in [3.8, 4) is 11.5 Å². The first kappa shape index (κ1) is 15.8. The molecule has 0 heterocycles. The molecular weight excluding hydrogens is 244 g/mol. The van der Waals surface area contributed by atoms with Gasteiger partial charge in [0.05, 0.1) is 26.9 Å². The van der Waals surface area contributed by atoms with Gasteiger partial charge in [-0.25, -0.2) is 0 Å². The maximum absolute atomic E-state index is 10.2. The number of ether oxygens (including phenoxy) is 3. The molecule has 0 spiro atoms. The maximum Gasteiger partial charge on any atom is 0.128 e. The van der Waals surface area contributed by atoms with Crippen LogP contribution in [0, 0.1) is 0 Å². The van der Waals surface area contributed by atoms with Crippen LogP contribution in [0.4, 0.5) is 0 Å². The molecule has 0 radical (unpaired) electrons.